The first-order valence-corrected chi connectivity index (χ1v) is 10.3. The Morgan fingerprint density at radius 1 is 1.20 bits per heavy atom. The van der Waals surface area contributed by atoms with E-state index in [0.29, 0.717) is 19.6 Å². The van der Waals surface area contributed by atoms with Crippen molar-refractivity contribution in [2.45, 2.75) is 39.7 Å². The molecular weight excluding hydrogens is 497 g/mol. The van der Waals surface area contributed by atoms with Gasteiger partial charge in [-0.25, -0.2) is 14.8 Å². The van der Waals surface area contributed by atoms with Gasteiger partial charge in [-0.05, 0) is 33.3 Å². The molecule has 1 aliphatic heterocycles. The lowest BCUT2D eigenvalue weighted by molar-refractivity contribution is 0.0253. The molecule has 0 aromatic carbocycles. The summed E-state index contributed by atoms with van der Waals surface area (Å²) in [6.45, 7) is 12.9. The average Bonchev–Trinajstić information content (AvgIpc) is 2.70. The van der Waals surface area contributed by atoms with Crippen molar-refractivity contribution in [1.29, 1.82) is 0 Å². The van der Waals surface area contributed by atoms with E-state index < -0.39 is 5.60 Å². The number of aromatic nitrogens is 2. The van der Waals surface area contributed by atoms with Crippen molar-refractivity contribution in [1.82, 2.24) is 25.1 Å². The number of nitrogens with one attached hydrogen (secondary N) is 1. The summed E-state index contributed by atoms with van der Waals surface area (Å²) in [4.78, 5) is 31.6. The molecule has 1 aromatic rings. The fourth-order valence-corrected chi connectivity index (χ4v) is 3.10. The van der Waals surface area contributed by atoms with Gasteiger partial charge in [0.1, 0.15) is 5.60 Å². The largest absolute Gasteiger partial charge is 0.444 e. The molecule has 0 radical (unpaired) electrons. The van der Waals surface area contributed by atoms with Crippen LogP contribution < -0.4 is 10.2 Å². The predicted molar refractivity (Wildman–Crippen MR) is 131 cm³/mol. The first kappa shape index (κ1) is 26.2. The number of hydrogen-bond acceptors (Lipinski definition) is 6. The predicted octanol–water partition coefficient (Wildman–Crippen LogP) is 2.44. The summed E-state index contributed by atoms with van der Waals surface area (Å²) in [7, 11) is 1.78. The molecule has 9 nitrogen and oxygen atoms in total. The molecule has 0 spiro atoms. The van der Waals surface area contributed by atoms with Crippen LogP contribution in [-0.2, 0) is 4.74 Å². The molecule has 170 valence electrons. The molecule has 1 fully saturated rings. The molecule has 0 atom stereocenters. The minimum absolute atomic E-state index is 0. The number of carbonyl (C=O) groups is 1. The van der Waals surface area contributed by atoms with E-state index in [1.54, 1.807) is 24.3 Å². The highest BCUT2D eigenvalue weighted by atomic mass is 127. The van der Waals surface area contributed by atoms with E-state index in [2.05, 4.69) is 37.0 Å². The number of carbonyl (C=O) groups excluding carboxylic acids is 1. The number of hydrogen-bond donors (Lipinski definition) is 1. The highest BCUT2D eigenvalue weighted by molar-refractivity contribution is 14.0. The Labute approximate surface area is 197 Å². The maximum atomic E-state index is 12.4. The maximum Gasteiger partial charge on any atom is 0.410 e. The molecule has 10 heteroatoms. The highest BCUT2D eigenvalue weighted by Gasteiger charge is 2.23. The van der Waals surface area contributed by atoms with E-state index in [0.717, 1.165) is 44.5 Å². The Bertz CT molecular complexity index is 659. The molecule has 1 amide bonds. The Morgan fingerprint density at radius 3 is 2.37 bits per heavy atom. The van der Waals surface area contributed by atoms with Gasteiger partial charge in [-0.2, -0.15) is 0 Å². The Hall–Kier alpha value is -1.85. The molecule has 0 bridgehead atoms. The molecule has 1 saturated heterocycles. The molecule has 1 N–H and O–H groups in total. The minimum atomic E-state index is -0.491. The third kappa shape index (κ3) is 8.49. The van der Waals surface area contributed by atoms with Gasteiger partial charge in [0.05, 0.1) is 0 Å². The van der Waals surface area contributed by atoms with Crippen LogP contribution in [0, 0.1) is 0 Å². The Balaban J connectivity index is 0.00000450. The van der Waals surface area contributed by atoms with Crippen molar-refractivity contribution in [3.8, 4) is 0 Å². The molecular formula is C20H36IN7O2. The van der Waals surface area contributed by atoms with E-state index in [-0.39, 0.29) is 30.1 Å². The number of piperazine rings is 1. The number of guanidine groups is 1. The second-order valence-corrected chi connectivity index (χ2v) is 7.96. The van der Waals surface area contributed by atoms with E-state index in [1.165, 1.54) is 0 Å². The van der Waals surface area contributed by atoms with Gasteiger partial charge in [-0.1, -0.05) is 6.92 Å². The minimum Gasteiger partial charge on any atom is -0.444 e. The van der Waals surface area contributed by atoms with Crippen LogP contribution in [0.3, 0.4) is 0 Å². The Morgan fingerprint density at radius 2 is 1.83 bits per heavy atom. The van der Waals surface area contributed by atoms with Gasteiger partial charge in [0.15, 0.2) is 5.96 Å². The number of anilines is 1. The molecule has 2 rings (SSSR count). The topological polar surface area (TPSA) is 86.2 Å². The number of ether oxygens (including phenoxy) is 1. The first-order valence-electron chi connectivity index (χ1n) is 10.3. The lowest BCUT2D eigenvalue weighted by Crippen LogP contribution is -2.53. The van der Waals surface area contributed by atoms with Crippen LogP contribution in [0.15, 0.2) is 23.5 Å². The van der Waals surface area contributed by atoms with E-state index in [4.69, 9.17) is 4.74 Å². The van der Waals surface area contributed by atoms with Gasteiger partial charge < -0.3 is 24.8 Å². The maximum absolute atomic E-state index is 12.4. The van der Waals surface area contributed by atoms with Gasteiger partial charge in [-0.15, -0.1) is 24.0 Å². The van der Waals surface area contributed by atoms with Gasteiger partial charge in [0.25, 0.3) is 0 Å². The van der Waals surface area contributed by atoms with Crippen molar-refractivity contribution in [2.75, 3.05) is 57.8 Å². The molecule has 30 heavy (non-hydrogen) atoms. The standard InChI is InChI=1S/C20H35N7O2.HI/c1-6-11-27(19(28)29-20(2,3)4)12-10-24-17(21-5)25-13-15-26(16-14-25)18-22-8-7-9-23-18;/h7-9H,6,10-16H2,1-5H3,(H,21,24);1H. The second kappa shape index (κ2) is 12.8. The van der Waals surface area contributed by atoms with Gasteiger partial charge in [-0.3, -0.25) is 4.99 Å². The van der Waals surface area contributed by atoms with Crippen LogP contribution in [0.5, 0.6) is 0 Å². The number of aliphatic imine (C=N–C) groups is 1. The van der Waals surface area contributed by atoms with Crippen molar-refractivity contribution >= 4 is 42.0 Å². The summed E-state index contributed by atoms with van der Waals surface area (Å²) in [6, 6.07) is 1.82. The van der Waals surface area contributed by atoms with Gasteiger partial charge >= 0.3 is 6.09 Å². The van der Waals surface area contributed by atoms with E-state index in [9.17, 15) is 4.79 Å². The van der Waals surface area contributed by atoms with Crippen LogP contribution >= 0.6 is 24.0 Å². The number of halogens is 1. The fraction of sp³-hybridized carbons (Fsp3) is 0.700. The van der Waals surface area contributed by atoms with Crippen molar-refractivity contribution in [2.24, 2.45) is 4.99 Å². The molecule has 1 aromatic heterocycles. The second-order valence-electron chi connectivity index (χ2n) is 7.96. The lowest BCUT2D eigenvalue weighted by atomic mass is 10.2. The lowest BCUT2D eigenvalue weighted by Gasteiger charge is -2.36. The zero-order valence-corrected chi connectivity index (χ0v) is 21.1. The van der Waals surface area contributed by atoms with Crippen LogP contribution in [0.4, 0.5) is 10.7 Å². The number of amides is 1. The first-order chi connectivity index (χ1) is 13.8. The fourth-order valence-electron chi connectivity index (χ4n) is 3.10. The van der Waals surface area contributed by atoms with Crippen LogP contribution in [0.2, 0.25) is 0 Å². The number of nitrogens with zero attached hydrogens (tertiary/aromatic N) is 6. The van der Waals surface area contributed by atoms with Crippen LogP contribution in [0.1, 0.15) is 34.1 Å². The Kier molecular flexibility index (Phi) is 11.1. The van der Waals surface area contributed by atoms with E-state index >= 15 is 0 Å². The molecule has 0 aliphatic carbocycles. The summed E-state index contributed by atoms with van der Waals surface area (Å²) in [6.07, 6.45) is 4.15. The number of rotatable bonds is 6. The third-order valence-corrected chi connectivity index (χ3v) is 4.44. The summed E-state index contributed by atoms with van der Waals surface area (Å²) in [5.74, 6) is 1.61. The van der Waals surface area contributed by atoms with Crippen LogP contribution in [0.25, 0.3) is 0 Å². The smallest absolute Gasteiger partial charge is 0.410 e. The van der Waals surface area contributed by atoms with E-state index in [1.807, 2.05) is 26.8 Å². The normalized spacial score (nSPS) is 14.8. The summed E-state index contributed by atoms with van der Waals surface area (Å²) in [5.41, 5.74) is -0.491. The SMILES string of the molecule is CCCN(CCNC(=NC)N1CCN(c2ncccn2)CC1)C(=O)OC(C)(C)C.I. The monoisotopic (exact) mass is 533 g/mol. The van der Waals surface area contributed by atoms with Crippen molar-refractivity contribution < 1.29 is 9.53 Å². The molecule has 2 heterocycles. The summed E-state index contributed by atoms with van der Waals surface area (Å²) in [5, 5.41) is 3.38. The van der Waals surface area contributed by atoms with Crippen molar-refractivity contribution in [3.05, 3.63) is 18.5 Å². The zero-order chi connectivity index (χ0) is 21.3. The van der Waals surface area contributed by atoms with Crippen molar-refractivity contribution in [3.63, 3.8) is 0 Å². The third-order valence-electron chi connectivity index (χ3n) is 4.44. The van der Waals surface area contributed by atoms with Gasteiger partial charge in [0.2, 0.25) is 5.95 Å². The summed E-state index contributed by atoms with van der Waals surface area (Å²) < 4.78 is 5.51. The average molecular weight is 533 g/mol. The molecule has 0 unspecified atom stereocenters. The highest BCUT2D eigenvalue weighted by Crippen LogP contribution is 2.11. The molecule has 1 aliphatic rings. The van der Waals surface area contributed by atoms with Gasteiger partial charge in [0, 0.05) is 65.3 Å². The summed E-state index contributed by atoms with van der Waals surface area (Å²) >= 11 is 0. The quantitative estimate of drug-likeness (QED) is 0.342. The zero-order valence-electron chi connectivity index (χ0n) is 18.8. The van der Waals surface area contributed by atoms with Crippen LogP contribution in [-0.4, -0.2) is 90.3 Å². The molecule has 0 saturated carbocycles.